The van der Waals surface area contributed by atoms with Crippen molar-refractivity contribution in [2.75, 3.05) is 0 Å². The zero-order chi connectivity index (χ0) is 13.8. The summed E-state index contributed by atoms with van der Waals surface area (Å²) in [4.78, 5) is 0. The molecular formula is C17H20FN. The van der Waals surface area contributed by atoms with Crippen LogP contribution in [0.2, 0.25) is 0 Å². The monoisotopic (exact) mass is 257 g/mol. The Morgan fingerprint density at radius 2 is 1.68 bits per heavy atom. The van der Waals surface area contributed by atoms with Crippen molar-refractivity contribution in [3.63, 3.8) is 0 Å². The van der Waals surface area contributed by atoms with Crippen molar-refractivity contribution < 1.29 is 4.39 Å². The summed E-state index contributed by atoms with van der Waals surface area (Å²) in [7, 11) is 0. The fraction of sp³-hybridized carbons (Fsp3) is 0.294. The van der Waals surface area contributed by atoms with Crippen LogP contribution in [0.4, 0.5) is 4.39 Å². The van der Waals surface area contributed by atoms with Gasteiger partial charge < -0.3 is 5.32 Å². The average molecular weight is 257 g/mol. The molecule has 0 heterocycles. The Kier molecular flexibility index (Phi) is 4.33. The highest BCUT2D eigenvalue weighted by Crippen LogP contribution is 2.15. The highest BCUT2D eigenvalue weighted by molar-refractivity contribution is 5.30. The number of halogens is 1. The quantitative estimate of drug-likeness (QED) is 0.861. The minimum Gasteiger partial charge on any atom is -0.306 e. The summed E-state index contributed by atoms with van der Waals surface area (Å²) in [5, 5.41) is 3.46. The molecule has 0 unspecified atom stereocenters. The third-order valence-electron chi connectivity index (χ3n) is 3.55. The lowest BCUT2D eigenvalue weighted by Crippen LogP contribution is -2.18. The lowest BCUT2D eigenvalue weighted by atomic mass is 10.1. The van der Waals surface area contributed by atoms with Gasteiger partial charge in [0.1, 0.15) is 5.82 Å². The molecule has 0 aliphatic rings. The fourth-order valence-electron chi connectivity index (χ4n) is 2.05. The molecule has 0 bridgehead atoms. The summed E-state index contributed by atoms with van der Waals surface area (Å²) in [6, 6.07) is 13.4. The molecule has 0 amide bonds. The third-order valence-corrected chi connectivity index (χ3v) is 3.55. The van der Waals surface area contributed by atoms with E-state index in [2.05, 4.69) is 44.3 Å². The first-order valence-corrected chi connectivity index (χ1v) is 6.61. The SMILES string of the molecule is Cc1ccc(CN[C@H](C)c2ccc(F)cc2)cc1C. The van der Waals surface area contributed by atoms with E-state index < -0.39 is 0 Å². The Bertz CT molecular complexity index is 546. The van der Waals surface area contributed by atoms with Crippen LogP contribution < -0.4 is 5.32 Å². The summed E-state index contributed by atoms with van der Waals surface area (Å²) in [6.07, 6.45) is 0. The van der Waals surface area contributed by atoms with E-state index in [9.17, 15) is 4.39 Å². The zero-order valence-corrected chi connectivity index (χ0v) is 11.7. The number of hydrogen-bond acceptors (Lipinski definition) is 1. The maximum Gasteiger partial charge on any atom is 0.123 e. The molecule has 2 aromatic rings. The van der Waals surface area contributed by atoms with Crippen LogP contribution in [-0.4, -0.2) is 0 Å². The van der Waals surface area contributed by atoms with Gasteiger partial charge in [0, 0.05) is 12.6 Å². The maximum absolute atomic E-state index is 12.9. The summed E-state index contributed by atoms with van der Waals surface area (Å²) in [5.41, 5.74) is 5.01. The molecule has 1 nitrogen and oxygen atoms in total. The molecule has 1 atom stereocenters. The molecule has 1 N–H and O–H groups in total. The molecule has 19 heavy (non-hydrogen) atoms. The van der Waals surface area contributed by atoms with Crippen molar-refractivity contribution in [1.29, 1.82) is 0 Å². The fourth-order valence-corrected chi connectivity index (χ4v) is 2.05. The van der Waals surface area contributed by atoms with Crippen molar-refractivity contribution in [2.24, 2.45) is 0 Å². The third kappa shape index (κ3) is 3.65. The number of rotatable bonds is 4. The van der Waals surface area contributed by atoms with Crippen molar-refractivity contribution in [1.82, 2.24) is 5.32 Å². The van der Waals surface area contributed by atoms with Gasteiger partial charge in [-0.25, -0.2) is 4.39 Å². The highest BCUT2D eigenvalue weighted by atomic mass is 19.1. The van der Waals surface area contributed by atoms with Gasteiger partial charge in [0.15, 0.2) is 0 Å². The second kappa shape index (κ2) is 5.98. The molecule has 0 fully saturated rings. The Hall–Kier alpha value is -1.67. The molecule has 0 aromatic heterocycles. The van der Waals surface area contributed by atoms with E-state index >= 15 is 0 Å². The Morgan fingerprint density at radius 3 is 2.32 bits per heavy atom. The van der Waals surface area contributed by atoms with Gasteiger partial charge in [-0.15, -0.1) is 0 Å². The van der Waals surface area contributed by atoms with Gasteiger partial charge >= 0.3 is 0 Å². The summed E-state index contributed by atoms with van der Waals surface area (Å²) in [5.74, 6) is -0.190. The summed E-state index contributed by atoms with van der Waals surface area (Å²) < 4.78 is 12.9. The second-order valence-corrected chi connectivity index (χ2v) is 5.07. The number of aryl methyl sites for hydroxylation is 2. The molecular weight excluding hydrogens is 237 g/mol. The minimum absolute atomic E-state index is 0.190. The largest absolute Gasteiger partial charge is 0.306 e. The Balaban J connectivity index is 1.98. The van der Waals surface area contributed by atoms with Crippen molar-refractivity contribution in [3.05, 3.63) is 70.5 Å². The molecule has 0 saturated heterocycles. The predicted molar refractivity (Wildman–Crippen MR) is 77.6 cm³/mol. The first-order valence-electron chi connectivity index (χ1n) is 6.61. The lowest BCUT2D eigenvalue weighted by molar-refractivity contribution is 0.571. The number of hydrogen-bond donors (Lipinski definition) is 1. The van der Waals surface area contributed by atoms with Crippen LogP contribution in [0.1, 0.15) is 35.2 Å². The molecule has 0 saturated carbocycles. The first kappa shape index (κ1) is 13.8. The second-order valence-electron chi connectivity index (χ2n) is 5.07. The molecule has 100 valence electrons. The number of benzene rings is 2. The van der Waals surface area contributed by atoms with Crippen molar-refractivity contribution in [2.45, 2.75) is 33.4 Å². The molecule has 0 spiro atoms. The van der Waals surface area contributed by atoms with Crippen LogP contribution in [-0.2, 0) is 6.54 Å². The molecule has 0 radical (unpaired) electrons. The van der Waals surface area contributed by atoms with Crippen LogP contribution in [0.3, 0.4) is 0 Å². The van der Waals surface area contributed by atoms with Crippen LogP contribution in [0.5, 0.6) is 0 Å². The van der Waals surface area contributed by atoms with Gasteiger partial charge in [0.2, 0.25) is 0 Å². The average Bonchev–Trinajstić information content (AvgIpc) is 2.40. The van der Waals surface area contributed by atoms with Gasteiger partial charge in [0.25, 0.3) is 0 Å². The van der Waals surface area contributed by atoms with E-state index in [0.29, 0.717) is 0 Å². The summed E-state index contributed by atoms with van der Waals surface area (Å²) >= 11 is 0. The first-order chi connectivity index (χ1) is 9.06. The topological polar surface area (TPSA) is 12.0 Å². The van der Waals surface area contributed by atoms with E-state index in [1.165, 1.54) is 28.8 Å². The molecule has 0 aliphatic heterocycles. The van der Waals surface area contributed by atoms with Gasteiger partial charge in [-0.2, -0.15) is 0 Å². The molecule has 0 aliphatic carbocycles. The van der Waals surface area contributed by atoms with Gasteiger partial charge in [-0.05, 0) is 55.2 Å². The van der Waals surface area contributed by atoms with Crippen molar-refractivity contribution in [3.8, 4) is 0 Å². The predicted octanol–water partition coefficient (Wildman–Crippen LogP) is 4.29. The van der Waals surface area contributed by atoms with Crippen LogP contribution in [0, 0.1) is 19.7 Å². The summed E-state index contributed by atoms with van der Waals surface area (Å²) in [6.45, 7) is 7.16. The van der Waals surface area contributed by atoms with E-state index in [-0.39, 0.29) is 11.9 Å². The van der Waals surface area contributed by atoms with Gasteiger partial charge in [0.05, 0.1) is 0 Å². The smallest absolute Gasteiger partial charge is 0.123 e. The molecule has 2 heteroatoms. The molecule has 2 rings (SSSR count). The Labute approximate surface area is 114 Å². The normalized spacial score (nSPS) is 12.4. The van der Waals surface area contributed by atoms with E-state index in [4.69, 9.17) is 0 Å². The van der Waals surface area contributed by atoms with Crippen LogP contribution >= 0.6 is 0 Å². The number of nitrogens with one attached hydrogen (secondary N) is 1. The van der Waals surface area contributed by atoms with E-state index in [0.717, 1.165) is 12.1 Å². The van der Waals surface area contributed by atoms with Crippen LogP contribution in [0.25, 0.3) is 0 Å². The van der Waals surface area contributed by atoms with Gasteiger partial charge in [-0.1, -0.05) is 30.3 Å². The lowest BCUT2D eigenvalue weighted by Gasteiger charge is -2.15. The Morgan fingerprint density at radius 1 is 1.00 bits per heavy atom. The van der Waals surface area contributed by atoms with E-state index in [1.807, 2.05) is 12.1 Å². The highest BCUT2D eigenvalue weighted by Gasteiger charge is 2.05. The standard InChI is InChI=1S/C17H20FN/c1-12-4-5-15(10-13(12)2)11-19-14(3)16-6-8-17(18)9-7-16/h4-10,14,19H,11H2,1-3H3/t14-/m1/s1. The maximum atomic E-state index is 12.9. The van der Waals surface area contributed by atoms with Crippen LogP contribution in [0.15, 0.2) is 42.5 Å². The van der Waals surface area contributed by atoms with E-state index in [1.54, 1.807) is 0 Å². The molecule has 2 aromatic carbocycles. The minimum atomic E-state index is -0.190. The van der Waals surface area contributed by atoms with Gasteiger partial charge in [-0.3, -0.25) is 0 Å². The van der Waals surface area contributed by atoms with Crippen molar-refractivity contribution >= 4 is 0 Å². The zero-order valence-electron chi connectivity index (χ0n) is 11.7.